The van der Waals surface area contributed by atoms with Gasteiger partial charge in [0.05, 0.1) is 5.75 Å². The highest BCUT2D eigenvalue weighted by molar-refractivity contribution is 8.00. The molecule has 0 aromatic heterocycles. The molecule has 0 heterocycles. The van der Waals surface area contributed by atoms with E-state index >= 15 is 0 Å². The Hall–Kier alpha value is -1.56. The normalized spacial score (nSPS) is 11.9. The predicted molar refractivity (Wildman–Crippen MR) is 80.8 cm³/mol. The minimum Gasteiger partial charge on any atom is -0.481 e. The fourth-order valence-electron chi connectivity index (χ4n) is 1.70. The van der Waals surface area contributed by atoms with Gasteiger partial charge >= 0.3 is 5.97 Å². The molecule has 0 saturated carbocycles. The van der Waals surface area contributed by atoms with Crippen LogP contribution in [0.5, 0.6) is 0 Å². The third kappa shape index (κ3) is 8.34. The first-order valence-electron chi connectivity index (χ1n) is 6.84. The average Bonchev–Trinajstić information content (AvgIpc) is 2.44. The molecule has 1 rings (SSSR count). The van der Waals surface area contributed by atoms with Crippen LogP contribution < -0.4 is 5.32 Å². The van der Waals surface area contributed by atoms with Gasteiger partial charge in [0.2, 0.25) is 5.91 Å². The van der Waals surface area contributed by atoms with Crippen molar-refractivity contribution in [2.45, 2.75) is 31.1 Å². The van der Waals surface area contributed by atoms with Gasteiger partial charge in [0.15, 0.2) is 0 Å². The average molecular weight is 313 g/mol. The largest absolute Gasteiger partial charge is 0.481 e. The van der Waals surface area contributed by atoms with Crippen LogP contribution in [0.2, 0.25) is 0 Å². The maximum absolute atomic E-state index is 12.7. The van der Waals surface area contributed by atoms with Crippen molar-refractivity contribution in [3.8, 4) is 0 Å². The number of carboxylic acid groups (broad SMARTS) is 1. The molecule has 116 valence electrons. The van der Waals surface area contributed by atoms with Gasteiger partial charge in [0, 0.05) is 17.9 Å². The Morgan fingerprint density at radius 1 is 1.29 bits per heavy atom. The van der Waals surface area contributed by atoms with E-state index in [1.54, 1.807) is 12.1 Å². The number of halogens is 1. The molecule has 0 aliphatic carbocycles. The van der Waals surface area contributed by atoms with E-state index in [1.165, 1.54) is 23.9 Å². The molecule has 0 fully saturated rings. The summed E-state index contributed by atoms with van der Waals surface area (Å²) in [7, 11) is 0. The van der Waals surface area contributed by atoms with Crippen LogP contribution >= 0.6 is 11.8 Å². The number of hydrogen-bond acceptors (Lipinski definition) is 3. The number of amides is 1. The standard InChI is InChI=1S/C15H20FNO3S/c1-11(2-7-15(19)20)8-9-17-14(18)10-21-13-5-3-12(16)4-6-13/h3-6,11H,2,7-10H2,1H3,(H,17,18)(H,19,20). The molecule has 2 N–H and O–H groups in total. The Morgan fingerprint density at radius 2 is 1.95 bits per heavy atom. The molecule has 0 aliphatic heterocycles. The van der Waals surface area contributed by atoms with Crippen LogP contribution in [0.15, 0.2) is 29.2 Å². The van der Waals surface area contributed by atoms with Crippen molar-refractivity contribution in [3.63, 3.8) is 0 Å². The van der Waals surface area contributed by atoms with E-state index in [0.717, 1.165) is 11.3 Å². The first kappa shape index (κ1) is 17.5. The van der Waals surface area contributed by atoms with Gasteiger partial charge in [-0.25, -0.2) is 4.39 Å². The van der Waals surface area contributed by atoms with Crippen molar-refractivity contribution in [2.75, 3.05) is 12.3 Å². The van der Waals surface area contributed by atoms with E-state index in [-0.39, 0.29) is 29.8 Å². The van der Waals surface area contributed by atoms with E-state index in [0.29, 0.717) is 13.0 Å². The van der Waals surface area contributed by atoms with E-state index in [9.17, 15) is 14.0 Å². The lowest BCUT2D eigenvalue weighted by atomic mass is 10.0. The molecule has 0 radical (unpaired) electrons. The molecule has 1 atom stereocenters. The second kappa shape index (κ2) is 9.39. The summed E-state index contributed by atoms with van der Waals surface area (Å²) >= 11 is 1.35. The highest BCUT2D eigenvalue weighted by Gasteiger charge is 2.07. The molecule has 0 bridgehead atoms. The molecule has 0 aliphatic rings. The topological polar surface area (TPSA) is 66.4 Å². The van der Waals surface area contributed by atoms with Gasteiger partial charge in [-0.05, 0) is 43.0 Å². The number of hydrogen-bond donors (Lipinski definition) is 2. The molecule has 1 unspecified atom stereocenters. The highest BCUT2D eigenvalue weighted by atomic mass is 32.2. The fourth-order valence-corrected chi connectivity index (χ4v) is 2.43. The zero-order chi connectivity index (χ0) is 15.7. The number of carbonyl (C=O) groups excluding carboxylic acids is 1. The van der Waals surface area contributed by atoms with E-state index < -0.39 is 5.97 Å². The second-order valence-electron chi connectivity index (χ2n) is 4.92. The lowest BCUT2D eigenvalue weighted by Gasteiger charge is -2.10. The van der Waals surface area contributed by atoms with Crippen LogP contribution in [-0.4, -0.2) is 29.3 Å². The van der Waals surface area contributed by atoms with E-state index in [1.807, 2.05) is 6.92 Å². The van der Waals surface area contributed by atoms with Crippen LogP contribution in [0.3, 0.4) is 0 Å². The van der Waals surface area contributed by atoms with Crippen molar-refractivity contribution in [3.05, 3.63) is 30.1 Å². The smallest absolute Gasteiger partial charge is 0.303 e. The molecule has 1 aromatic rings. The summed E-state index contributed by atoms with van der Waals surface area (Å²) in [4.78, 5) is 22.9. The second-order valence-corrected chi connectivity index (χ2v) is 5.97. The van der Waals surface area contributed by atoms with Crippen molar-refractivity contribution < 1.29 is 19.1 Å². The summed E-state index contributed by atoms with van der Waals surface area (Å²) in [5.74, 6) is -0.601. The first-order chi connectivity index (χ1) is 9.97. The molecule has 1 aromatic carbocycles. The van der Waals surface area contributed by atoms with E-state index in [2.05, 4.69) is 5.32 Å². The Bertz CT molecular complexity index is 464. The van der Waals surface area contributed by atoms with Gasteiger partial charge in [-0.3, -0.25) is 9.59 Å². The van der Waals surface area contributed by atoms with Crippen molar-refractivity contribution >= 4 is 23.6 Å². The Kier molecular flexibility index (Phi) is 7.82. The SMILES string of the molecule is CC(CCNC(=O)CSc1ccc(F)cc1)CCC(=O)O. The molecule has 4 nitrogen and oxygen atoms in total. The number of rotatable bonds is 9. The zero-order valence-electron chi connectivity index (χ0n) is 12.0. The number of thioether (sulfide) groups is 1. The Balaban J connectivity index is 2.13. The van der Waals surface area contributed by atoms with Gasteiger partial charge in [-0.1, -0.05) is 6.92 Å². The third-order valence-electron chi connectivity index (χ3n) is 2.99. The lowest BCUT2D eigenvalue weighted by molar-refractivity contribution is -0.137. The van der Waals surface area contributed by atoms with Crippen LogP contribution in [0.1, 0.15) is 26.2 Å². The Labute approximate surface area is 128 Å². The first-order valence-corrected chi connectivity index (χ1v) is 7.83. The van der Waals surface area contributed by atoms with E-state index in [4.69, 9.17) is 5.11 Å². The van der Waals surface area contributed by atoms with Crippen molar-refractivity contribution in [1.29, 1.82) is 0 Å². The molecule has 1 amide bonds. The van der Waals surface area contributed by atoms with Gasteiger partial charge < -0.3 is 10.4 Å². The third-order valence-corrected chi connectivity index (χ3v) is 4.01. The molecular formula is C15H20FNO3S. The van der Waals surface area contributed by atoms with Crippen LogP contribution in [-0.2, 0) is 9.59 Å². The van der Waals surface area contributed by atoms with Crippen molar-refractivity contribution in [1.82, 2.24) is 5.32 Å². The fraction of sp³-hybridized carbons (Fsp3) is 0.467. The Morgan fingerprint density at radius 3 is 2.57 bits per heavy atom. The number of nitrogens with one attached hydrogen (secondary N) is 1. The van der Waals surface area contributed by atoms with Crippen molar-refractivity contribution in [2.24, 2.45) is 5.92 Å². The minimum atomic E-state index is -0.790. The molecule has 21 heavy (non-hydrogen) atoms. The monoisotopic (exact) mass is 313 g/mol. The quantitative estimate of drug-likeness (QED) is 0.688. The summed E-state index contributed by atoms with van der Waals surface area (Å²) in [5.41, 5.74) is 0. The summed E-state index contributed by atoms with van der Waals surface area (Å²) in [6.45, 7) is 2.52. The maximum Gasteiger partial charge on any atom is 0.303 e. The highest BCUT2D eigenvalue weighted by Crippen LogP contribution is 2.17. The summed E-state index contributed by atoms with van der Waals surface area (Å²) in [6.07, 6.45) is 1.55. The molecule has 0 spiro atoms. The number of carbonyl (C=O) groups is 2. The molecule has 6 heteroatoms. The molecule has 0 saturated heterocycles. The summed E-state index contributed by atoms with van der Waals surface area (Å²) in [5, 5.41) is 11.4. The lowest BCUT2D eigenvalue weighted by Crippen LogP contribution is -2.27. The maximum atomic E-state index is 12.7. The summed E-state index contributed by atoms with van der Waals surface area (Å²) in [6, 6.07) is 6.01. The summed E-state index contributed by atoms with van der Waals surface area (Å²) < 4.78 is 12.7. The van der Waals surface area contributed by atoms with Gasteiger partial charge in [-0.2, -0.15) is 0 Å². The van der Waals surface area contributed by atoms with Crippen LogP contribution in [0.4, 0.5) is 4.39 Å². The van der Waals surface area contributed by atoms with Gasteiger partial charge in [-0.15, -0.1) is 11.8 Å². The number of benzene rings is 1. The number of carboxylic acids is 1. The number of aliphatic carboxylic acids is 1. The zero-order valence-corrected chi connectivity index (χ0v) is 12.8. The van der Waals surface area contributed by atoms with Crippen LogP contribution in [0.25, 0.3) is 0 Å². The van der Waals surface area contributed by atoms with Gasteiger partial charge in [0.1, 0.15) is 5.82 Å². The minimum absolute atomic E-state index is 0.0743. The van der Waals surface area contributed by atoms with Gasteiger partial charge in [0.25, 0.3) is 0 Å². The molecular weight excluding hydrogens is 293 g/mol. The predicted octanol–water partition coefficient (Wildman–Crippen LogP) is 2.93. The van der Waals surface area contributed by atoms with Crippen LogP contribution in [0, 0.1) is 11.7 Å².